The molecule has 3 fully saturated rings. The van der Waals surface area contributed by atoms with E-state index in [0.29, 0.717) is 24.9 Å². The van der Waals surface area contributed by atoms with Crippen LogP contribution >= 0.6 is 0 Å². The molecule has 0 aromatic carbocycles. The summed E-state index contributed by atoms with van der Waals surface area (Å²) in [5, 5.41) is 4.26. The van der Waals surface area contributed by atoms with Crippen LogP contribution in [0.1, 0.15) is 19.3 Å². The van der Waals surface area contributed by atoms with Crippen LogP contribution in [-0.2, 0) is 37.4 Å². The van der Waals surface area contributed by atoms with Crippen molar-refractivity contribution in [2.75, 3.05) is 0 Å². The van der Waals surface area contributed by atoms with E-state index in [4.69, 9.17) is 0 Å². The molecule has 2 unspecified atom stereocenters. The Hall–Kier alpha value is 0.884. The first-order valence-corrected chi connectivity index (χ1v) is 3.87. The molecule has 2 heterocycles. The van der Waals surface area contributed by atoms with Crippen molar-refractivity contribution >= 4 is 0 Å². The number of nitrogens with zero attached hydrogens (tertiary/aromatic N) is 1. The van der Waals surface area contributed by atoms with Crippen LogP contribution in [0.2, 0.25) is 0 Å². The normalized spacial score (nSPS) is 38.8. The van der Waals surface area contributed by atoms with Crippen molar-refractivity contribution in [2.45, 2.75) is 44.1 Å². The Kier molecular flexibility index (Phi) is 4.02. The summed E-state index contributed by atoms with van der Waals surface area (Å²) >= 11 is 0. The Bertz CT molecular complexity index is 140. The van der Waals surface area contributed by atoms with Crippen molar-refractivity contribution < 1.29 is 46.2 Å². The molecule has 1 radical (unpaired) electrons. The summed E-state index contributed by atoms with van der Waals surface area (Å²) < 4.78 is 27.8. The van der Waals surface area contributed by atoms with Crippen molar-refractivity contribution in [3.63, 3.8) is 0 Å². The smallest absolute Gasteiger partial charge is 0.345 e. The van der Waals surface area contributed by atoms with E-state index in [1.54, 1.807) is 0 Å². The third kappa shape index (κ3) is 2.44. The van der Waals surface area contributed by atoms with Gasteiger partial charge in [0.25, 0.3) is 0 Å². The molecule has 67 valence electrons. The first-order chi connectivity index (χ1) is 5.24. The second-order valence-corrected chi connectivity index (χ2v) is 3.18. The molecule has 2 bridgehead atoms. The summed E-state index contributed by atoms with van der Waals surface area (Å²) in [6.07, 6.45) is 2.24. The maximum Gasteiger partial charge on any atom is 0.345 e. The molecular formula is C7H10F2NOY-. The summed E-state index contributed by atoms with van der Waals surface area (Å²) in [6, 6.07) is 0.634. The van der Waals surface area contributed by atoms with Gasteiger partial charge >= 0.3 is 6.61 Å². The summed E-state index contributed by atoms with van der Waals surface area (Å²) in [4.78, 5) is 0. The summed E-state index contributed by atoms with van der Waals surface area (Å²) in [6.45, 7) is -2.61. The Morgan fingerprint density at radius 2 is 1.67 bits per heavy atom. The molecule has 1 saturated carbocycles. The van der Waals surface area contributed by atoms with Crippen LogP contribution < -0.4 is 0 Å². The number of piperidine rings is 1. The van der Waals surface area contributed by atoms with Gasteiger partial charge in [0.2, 0.25) is 0 Å². The van der Waals surface area contributed by atoms with Crippen LogP contribution in [0.5, 0.6) is 0 Å². The molecule has 2 atom stereocenters. The molecule has 0 aromatic heterocycles. The predicted octanol–water partition coefficient (Wildman–Crippen LogP) is 1.90. The maximum atomic E-state index is 11.7. The van der Waals surface area contributed by atoms with E-state index in [0.717, 1.165) is 6.42 Å². The number of halogens is 2. The van der Waals surface area contributed by atoms with Gasteiger partial charge in [-0.3, -0.25) is 0 Å². The zero-order valence-corrected chi connectivity index (χ0v) is 9.46. The number of alkyl halides is 2. The quantitative estimate of drug-likeness (QED) is 0.735. The fourth-order valence-electron chi connectivity index (χ4n) is 1.87. The minimum absolute atomic E-state index is 0. The molecule has 0 amide bonds. The van der Waals surface area contributed by atoms with Crippen LogP contribution in [0, 0.1) is 0 Å². The van der Waals surface area contributed by atoms with E-state index in [1.165, 1.54) is 0 Å². The first kappa shape index (κ1) is 11.0. The van der Waals surface area contributed by atoms with Gasteiger partial charge in [0.1, 0.15) is 0 Å². The second kappa shape index (κ2) is 4.40. The van der Waals surface area contributed by atoms with Gasteiger partial charge in [-0.15, -0.1) is 12.1 Å². The van der Waals surface area contributed by atoms with Crippen molar-refractivity contribution in [2.24, 2.45) is 0 Å². The summed E-state index contributed by atoms with van der Waals surface area (Å²) in [5.74, 6) is 0. The van der Waals surface area contributed by atoms with E-state index in [-0.39, 0.29) is 38.8 Å². The molecule has 0 N–H and O–H groups in total. The largest absolute Gasteiger partial charge is 0.657 e. The maximum absolute atomic E-state index is 11.7. The van der Waals surface area contributed by atoms with E-state index < -0.39 is 6.61 Å². The molecule has 1 aliphatic carbocycles. The van der Waals surface area contributed by atoms with Crippen LogP contribution in [0.25, 0.3) is 5.32 Å². The number of hydrogen-bond donors (Lipinski definition) is 0. The molecule has 3 rings (SSSR count). The zero-order valence-electron chi connectivity index (χ0n) is 6.62. The van der Waals surface area contributed by atoms with Gasteiger partial charge in [-0.05, 0) is 12.8 Å². The molecule has 3 aliphatic rings. The van der Waals surface area contributed by atoms with Gasteiger partial charge < -0.3 is 10.1 Å². The fraction of sp³-hybridized carbons (Fsp3) is 1.00. The molecular weight excluding hydrogens is 241 g/mol. The SMILES string of the molecule is FC(F)OC1CC2CC(C1)[N-]2.[Y]. The van der Waals surface area contributed by atoms with E-state index in [2.05, 4.69) is 10.1 Å². The van der Waals surface area contributed by atoms with Crippen LogP contribution in [0.3, 0.4) is 0 Å². The Balaban J connectivity index is 0.000000720. The van der Waals surface area contributed by atoms with Crippen molar-refractivity contribution in [1.82, 2.24) is 0 Å². The van der Waals surface area contributed by atoms with E-state index >= 15 is 0 Å². The second-order valence-electron chi connectivity index (χ2n) is 3.18. The minimum atomic E-state index is -2.61. The van der Waals surface area contributed by atoms with Crippen LogP contribution in [-0.4, -0.2) is 24.8 Å². The van der Waals surface area contributed by atoms with Gasteiger partial charge in [0.15, 0.2) is 0 Å². The standard InChI is InChI=1S/C7H10F2NO.Y/c8-7(9)11-6-2-4-1-5(3-6)10-4;/h4-7H,1-3H2;/q-1;. The van der Waals surface area contributed by atoms with E-state index in [1.807, 2.05) is 0 Å². The Morgan fingerprint density at radius 1 is 1.17 bits per heavy atom. The summed E-state index contributed by atoms with van der Waals surface area (Å²) in [5.41, 5.74) is 0. The average Bonchev–Trinajstić information content (AvgIpc) is 1.83. The minimum Gasteiger partial charge on any atom is -0.657 e. The molecule has 2 aliphatic heterocycles. The number of hydrogen-bond acceptors (Lipinski definition) is 1. The van der Waals surface area contributed by atoms with Crippen molar-refractivity contribution in [1.29, 1.82) is 0 Å². The molecule has 5 heteroatoms. The van der Waals surface area contributed by atoms with Crippen molar-refractivity contribution in [3.05, 3.63) is 5.32 Å². The Morgan fingerprint density at radius 3 is 2.08 bits per heavy atom. The predicted molar refractivity (Wildman–Crippen MR) is 35.7 cm³/mol. The zero-order chi connectivity index (χ0) is 7.84. The third-order valence-corrected chi connectivity index (χ3v) is 2.33. The monoisotopic (exact) mass is 251 g/mol. The van der Waals surface area contributed by atoms with Crippen LogP contribution in [0.4, 0.5) is 8.78 Å². The molecule has 0 spiro atoms. The van der Waals surface area contributed by atoms with Gasteiger partial charge in [0, 0.05) is 32.7 Å². The number of fused-ring (bicyclic) bond motifs is 2. The van der Waals surface area contributed by atoms with Crippen LogP contribution in [0.15, 0.2) is 0 Å². The average molecular weight is 251 g/mol. The molecule has 0 aromatic rings. The van der Waals surface area contributed by atoms with Gasteiger partial charge in [-0.25, -0.2) is 0 Å². The fourth-order valence-corrected chi connectivity index (χ4v) is 1.87. The molecule has 2 saturated heterocycles. The molecule has 12 heavy (non-hydrogen) atoms. The first-order valence-electron chi connectivity index (χ1n) is 3.87. The number of rotatable bonds is 2. The number of ether oxygens (including phenoxy) is 1. The third-order valence-electron chi connectivity index (χ3n) is 2.33. The molecule has 2 nitrogen and oxygen atoms in total. The van der Waals surface area contributed by atoms with Crippen molar-refractivity contribution in [3.8, 4) is 0 Å². The van der Waals surface area contributed by atoms with Gasteiger partial charge in [-0.1, -0.05) is 6.42 Å². The van der Waals surface area contributed by atoms with Gasteiger partial charge in [0.05, 0.1) is 6.10 Å². The Labute approximate surface area is 95.3 Å². The topological polar surface area (TPSA) is 23.3 Å². The summed E-state index contributed by atoms with van der Waals surface area (Å²) in [7, 11) is 0. The van der Waals surface area contributed by atoms with E-state index in [9.17, 15) is 8.78 Å². The van der Waals surface area contributed by atoms with Gasteiger partial charge in [-0.2, -0.15) is 8.78 Å².